The summed E-state index contributed by atoms with van der Waals surface area (Å²) in [5.74, 6) is -0.950. The smallest absolute Gasteiger partial charge is 0.335 e. The number of carboxylic acid groups (broad SMARTS) is 1. The van der Waals surface area contributed by atoms with Crippen molar-refractivity contribution in [3.8, 4) is 5.69 Å². The molecule has 2 aromatic heterocycles. The van der Waals surface area contributed by atoms with Crippen LogP contribution in [0.4, 0.5) is 4.39 Å². The second-order valence-electron chi connectivity index (χ2n) is 4.41. The molecule has 3 aromatic rings. The van der Waals surface area contributed by atoms with Gasteiger partial charge in [-0.3, -0.25) is 4.98 Å². The van der Waals surface area contributed by atoms with Gasteiger partial charge in [0.25, 0.3) is 0 Å². The fourth-order valence-corrected chi connectivity index (χ4v) is 2.14. The van der Waals surface area contributed by atoms with Crippen molar-refractivity contribution in [3.05, 3.63) is 60.0 Å². The van der Waals surface area contributed by atoms with E-state index in [0.717, 1.165) is 16.6 Å². The molecular weight excluding hydrogens is 259 g/mol. The van der Waals surface area contributed by atoms with Crippen molar-refractivity contribution in [1.29, 1.82) is 0 Å². The zero-order valence-electron chi connectivity index (χ0n) is 10.5. The SMILES string of the molecule is O=C(O)c1ccc2c(ccn2-c2ccc(CF)nc2)c1. The quantitative estimate of drug-likeness (QED) is 0.795. The number of hydrogen-bond donors (Lipinski definition) is 1. The lowest BCUT2D eigenvalue weighted by molar-refractivity contribution is 0.0697. The van der Waals surface area contributed by atoms with Crippen LogP contribution in [0, 0.1) is 0 Å². The number of carbonyl (C=O) groups is 1. The Balaban J connectivity index is 2.09. The molecule has 0 bridgehead atoms. The van der Waals surface area contributed by atoms with Gasteiger partial charge in [-0.1, -0.05) is 0 Å². The van der Waals surface area contributed by atoms with Crippen LogP contribution in [0.1, 0.15) is 16.1 Å². The van der Waals surface area contributed by atoms with E-state index < -0.39 is 12.6 Å². The summed E-state index contributed by atoms with van der Waals surface area (Å²) in [6.45, 7) is -0.589. The number of hydrogen-bond acceptors (Lipinski definition) is 2. The van der Waals surface area contributed by atoms with E-state index >= 15 is 0 Å². The van der Waals surface area contributed by atoms with Gasteiger partial charge in [-0.15, -0.1) is 0 Å². The molecule has 1 aromatic carbocycles. The fourth-order valence-electron chi connectivity index (χ4n) is 2.14. The van der Waals surface area contributed by atoms with Crippen LogP contribution in [-0.4, -0.2) is 20.6 Å². The van der Waals surface area contributed by atoms with Crippen LogP contribution in [0.15, 0.2) is 48.8 Å². The minimum atomic E-state index is -0.950. The van der Waals surface area contributed by atoms with Gasteiger partial charge in [-0.25, -0.2) is 9.18 Å². The molecule has 0 unspecified atom stereocenters. The monoisotopic (exact) mass is 270 g/mol. The van der Waals surface area contributed by atoms with Crippen LogP contribution in [0.5, 0.6) is 0 Å². The largest absolute Gasteiger partial charge is 0.478 e. The molecule has 0 atom stereocenters. The summed E-state index contributed by atoms with van der Waals surface area (Å²) < 4.78 is 14.3. The standard InChI is InChI=1S/C15H11FN2O2/c16-8-12-2-3-13(9-17-12)18-6-5-10-7-11(15(19)20)1-4-14(10)18/h1-7,9H,8H2,(H,19,20). The van der Waals surface area contributed by atoms with Gasteiger partial charge in [0.05, 0.1) is 28.7 Å². The van der Waals surface area contributed by atoms with Crippen molar-refractivity contribution in [1.82, 2.24) is 9.55 Å². The minimum Gasteiger partial charge on any atom is -0.478 e. The van der Waals surface area contributed by atoms with Gasteiger partial charge < -0.3 is 9.67 Å². The third-order valence-corrected chi connectivity index (χ3v) is 3.16. The third-order valence-electron chi connectivity index (χ3n) is 3.16. The first kappa shape index (κ1) is 12.3. The zero-order valence-corrected chi connectivity index (χ0v) is 10.5. The number of rotatable bonds is 3. The van der Waals surface area contributed by atoms with E-state index in [1.165, 1.54) is 0 Å². The number of carboxylic acids is 1. The van der Waals surface area contributed by atoms with Crippen molar-refractivity contribution in [2.24, 2.45) is 0 Å². The van der Waals surface area contributed by atoms with Crippen LogP contribution >= 0.6 is 0 Å². The first-order valence-corrected chi connectivity index (χ1v) is 6.05. The normalized spacial score (nSPS) is 10.8. The Morgan fingerprint density at radius 1 is 1.25 bits per heavy atom. The minimum absolute atomic E-state index is 0.251. The lowest BCUT2D eigenvalue weighted by Crippen LogP contribution is -1.97. The van der Waals surface area contributed by atoms with Crippen LogP contribution in [0.3, 0.4) is 0 Å². The molecule has 0 saturated carbocycles. The average Bonchev–Trinajstić information content (AvgIpc) is 2.90. The molecule has 0 aliphatic heterocycles. The van der Waals surface area contributed by atoms with E-state index in [0.29, 0.717) is 5.69 Å². The predicted molar refractivity (Wildman–Crippen MR) is 72.8 cm³/mol. The number of fused-ring (bicyclic) bond motifs is 1. The second-order valence-corrected chi connectivity index (χ2v) is 4.41. The Kier molecular flexibility index (Phi) is 2.95. The van der Waals surface area contributed by atoms with Crippen LogP contribution in [0.25, 0.3) is 16.6 Å². The van der Waals surface area contributed by atoms with E-state index in [9.17, 15) is 9.18 Å². The molecule has 0 saturated heterocycles. The van der Waals surface area contributed by atoms with E-state index in [4.69, 9.17) is 5.11 Å². The van der Waals surface area contributed by atoms with Crippen LogP contribution in [-0.2, 0) is 6.67 Å². The molecule has 3 rings (SSSR count). The number of nitrogens with zero attached hydrogens (tertiary/aromatic N) is 2. The number of benzene rings is 1. The Morgan fingerprint density at radius 2 is 2.10 bits per heavy atom. The van der Waals surface area contributed by atoms with E-state index in [1.807, 2.05) is 16.8 Å². The maximum Gasteiger partial charge on any atom is 0.335 e. The summed E-state index contributed by atoms with van der Waals surface area (Å²) in [6.07, 6.45) is 3.43. The molecule has 4 nitrogen and oxygen atoms in total. The van der Waals surface area contributed by atoms with Gasteiger partial charge in [0.1, 0.15) is 6.67 Å². The van der Waals surface area contributed by atoms with Crippen molar-refractivity contribution >= 4 is 16.9 Å². The number of aromatic carboxylic acids is 1. The molecule has 0 spiro atoms. The van der Waals surface area contributed by atoms with E-state index in [-0.39, 0.29) is 5.56 Å². The molecule has 0 aliphatic carbocycles. The highest BCUT2D eigenvalue weighted by atomic mass is 19.1. The highest BCUT2D eigenvalue weighted by molar-refractivity contribution is 5.94. The van der Waals surface area contributed by atoms with Gasteiger partial charge in [0, 0.05) is 11.6 Å². The molecule has 20 heavy (non-hydrogen) atoms. The van der Waals surface area contributed by atoms with Gasteiger partial charge in [-0.2, -0.15) is 0 Å². The van der Waals surface area contributed by atoms with Crippen molar-refractivity contribution in [2.45, 2.75) is 6.67 Å². The molecule has 2 heterocycles. The maximum absolute atomic E-state index is 12.4. The first-order valence-electron chi connectivity index (χ1n) is 6.05. The molecule has 0 radical (unpaired) electrons. The summed E-state index contributed by atoms with van der Waals surface area (Å²) in [6, 6.07) is 10.2. The third kappa shape index (κ3) is 2.03. The van der Waals surface area contributed by atoms with E-state index in [1.54, 1.807) is 36.5 Å². The van der Waals surface area contributed by atoms with Crippen LogP contribution < -0.4 is 0 Å². The Bertz CT molecular complexity index is 778. The van der Waals surface area contributed by atoms with Gasteiger partial charge in [0.2, 0.25) is 0 Å². The summed E-state index contributed by atoms with van der Waals surface area (Å²) in [4.78, 5) is 15.0. The lowest BCUT2D eigenvalue weighted by atomic mass is 10.1. The van der Waals surface area contributed by atoms with Gasteiger partial charge in [0.15, 0.2) is 0 Å². The highest BCUT2D eigenvalue weighted by Gasteiger charge is 2.08. The van der Waals surface area contributed by atoms with Gasteiger partial charge in [-0.05, 0) is 36.4 Å². The molecule has 0 amide bonds. The first-order chi connectivity index (χ1) is 9.69. The fraction of sp³-hybridized carbons (Fsp3) is 0.0667. The predicted octanol–water partition coefficient (Wildman–Crippen LogP) is 3.19. The average molecular weight is 270 g/mol. The van der Waals surface area contributed by atoms with E-state index in [2.05, 4.69) is 4.98 Å². The van der Waals surface area contributed by atoms with Crippen molar-refractivity contribution < 1.29 is 14.3 Å². The summed E-state index contributed by atoms with van der Waals surface area (Å²) in [5.41, 5.74) is 2.32. The van der Waals surface area contributed by atoms with Crippen molar-refractivity contribution in [3.63, 3.8) is 0 Å². The molecule has 1 N–H and O–H groups in total. The Hall–Kier alpha value is -2.69. The molecular formula is C15H11FN2O2. The molecule has 5 heteroatoms. The Labute approximate surface area is 114 Å². The molecule has 0 fully saturated rings. The molecule has 0 aliphatic rings. The number of pyridine rings is 1. The number of halogens is 1. The lowest BCUT2D eigenvalue weighted by Gasteiger charge is -2.05. The van der Waals surface area contributed by atoms with Crippen molar-refractivity contribution in [2.75, 3.05) is 0 Å². The second kappa shape index (κ2) is 4.77. The summed E-state index contributed by atoms with van der Waals surface area (Å²) >= 11 is 0. The zero-order chi connectivity index (χ0) is 14.1. The summed E-state index contributed by atoms with van der Waals surface area (Å²) in [7, 11) is 0. The maximum atomic E-state index is 12.4. The highest BCUT2D eigenvalue weighted by Crippen LogP contribution is 2.21. The van der Waals surface area contributed by atoms with Gasteiger partial charge >= 0.3 is 5.97 Å². The topological polar surface area (TPSA) is 55.1 Å². The molecule has 100 valence electrons. The Morgan fingerprint density at radius 3 is 2.75 bits per heavy atom. The van der Waals surface area contributed by atoms with Crippen LogP contribution in [0.2, 0.25) is 0 Å². The summed E-state index contributed by atoms with van der Waals surface area (Å²) in [5, 5.41) is 9.81. The number of aromatic nitrogens is 2. The number of alkyl halides is 1.